The fraction of sp³-hybridized carbons (Fsp3) is 0.214. The van der Waals surface area contributed by atoms with Gasteiger partial charge in [-0.05, 0) is 31.9 Å². The number of halogens is 2. The molecule has 0 aliphatic rings. The lowest BCUT2D eigenvalue weighted by molar-refractivity contribution is -0.625. The van der Waals surface area contributed by atoms with Crippen molar-refractivity contribution in [3.63, 3.8) is 0 Å². The molecule has 2 rings (SSSR count). The van der Waals surface area contributed by atoms with Gasteiger partial charge in [0.1, 0.15) is 16.3 Å². The highest BCUT2D eigenvalue weighted by Gasteiger charge is 2.10. The van der Waals surface area contributed by atoms with Crippen LogP contribution in [0, 0.1) is 26.6 Å². The van der Waals surface area contributed by atoms with Crippen LogP contribution in [0.3, 0.4) is 0 Å². The Kier molecular flexibility index (Phi) is 5.92. The SMILES string of the molecule is Cc1cc(C)c(S(=O)(=O)[O-])c(C)c1.Nc1c(F)cc(Cl)c[n+]1N. The summed E-state index contributed by atoms with van der Waals surface area (Å²) < 4.78 is 45.9. The minimum absolute atomic E-state index is 0.0851. The maximum atomic E-state index is 12.5. The van der Waals surface area contributed by atoms with Crippen molar-refractivity contribution in [3.8, 4) is 0 Å². The van der Waals surface area contributed by atoms with E-state index < -0.39 is 15.9 Å². The quantitative estimate of drug-likeness (QED) is 0.455. The van der Waals surface area contributed by atoms with Crippen LogP contribution in [0.4, 0.5) is 10.2 Å². The van der Waals surface area contributed by atoms with Crippen molar-refractivity contribution in [1.29, 1.82) is 0 Å². The molecule has 2 aromatic rings. The molecule has 0 amide bonds. The summed E-state index contributed by atoms with van der Waals surface area (Å²) >= 11 is 5.43. The van der Waals surface area contributed by atoms with Gasteiger partial charge in [0.2, 0.25) is 5.82 Å². The summed E-state index contributed by atoms with van der Waals surface area (Å²) in [7, 11) is -4.33. The zero-order chi connectivity index (χ0) is 17.9. The van der Waals surface area contributed by atoms with Crippen LogP contribution in [-0.2, 0) is 10.1 Å². The van der Waals surface area contributed by atoms with Crippen molar-refractivity contribution in [2.24, 2.45) is 0 Å². The Morgan fingerprint density at radius 2 is 1.65 bits per heavy atom. The van der Waals surface area contributed by atoms with Crippen molar-refractivity contribution < 1.29 is 22.0 Å². The summed E-state index contributed by atoms with van der Waals surface area (Å²) in [6, 6.07) is 4.48. The van der Waals surface area contributed by atoms with Crippen LogP contribution in [0.2, 0.25) is 5.02 Å². The van der Waals surface area contributed by atoms with E-state index in [0.29, 0.717) is 11.1 Å². The van der Waals surface area contributed by atoms with Gasteiger partial charge in [-0.15, -0.1) is 4.68 Å². The lowest BCUT2D eigenvalue weighted by atomic mass is 10.1. The molecule has 0 aliphatic carbocycles. The molecule has 0 atom stereocenters. The monoisotopic (exact) mass is 361 g/mol. The summed E-state index contributed by atoms with van der Waals surface area (Å²) in [6.07, 6.45) is 1.32. The van der Waals surface area contributed by atoms with Crippen LogP contribution < -0.4 is 16.3 Å². The number of aryl methyl sites for hydroxylation is 3. The average molecular weight is 362 g/mol. The Balaban J connectivity index is 0.000000238. The molecule has 126 valence electrons. The van der Waals surface area contributed by atoms with Gasteiger partial charge in [0.05, 0.1) is 9.92 Å². The third-order valence-corrected chi connectivity index (χ3v) is 4.26. The first-order chi connectivity index (χ1) is 10.4. The molecule has 0 saturated carbocycles. The van der Waals surface area contributed by atoms with Crippen LogP contribution in [0.1, 0.15) is 16.7 Å². The molecule has 0 aliphatic heterocycles. The molecule has 1 aromatic heterocycles. The van der Waals surface area contributed by atoms with Gasteiger partial charge in [-0.2, -0.15) is 4.39 Å². The molecule has 0 radical (unpaired) electrons. The van der Waals surface area contributed by atoms with Crippen molar-refractivity contribution in [2.75, 3.05) is 11.6 Å². The maximum Gasteiger partial charge on any atom is 0.332 e. The van der Waals surface area contributed by atoms with Gasteiger partial charge in [0.25, 0.3) is 0 Å². The van der Waals surface area contributed by atoms with E-state index in [0.717, 1.165) is 16.3 Å². The van der Waals surface area contributed by atoms with E-state index >= 15 is 0 Å². The van der Waals surface area contributed by atoms with Gasteiger partial charge >= 0.3 is 5.82 Å². The Morgan fingerprint density at radius 3 is 2.04 bits per heavy atom. The van der Waals surface area contributed by atoms with E-state index in [9.17, 15) is 17.4 Å². The van der Waals surface area contributed by atoms with Crippen LogP contribution >= 0.6 is 11.6 Å². The van der Waals surface area contributed by atoms with Crippen LogP contribution in [0.15, 0.2) is 29.3 Å². The van der Waals surface area contributed by atoms with Gasteiger partial charge in [0.15, 0.2) is 0 Å². The molecule has 1 heterocycles. The second-order valence-corrected chi connectivity index (χ2v) is 6.73. The van der Waals surface area contributed by atoms with E-state index in [1.54, 1.807) is 26.0 Å². The fourth-order valence-corrected chi connectivity index (χ4v) is 3.23. The lowest BCUT2D eigenvalue weighted by Crippen LogP contribution is -2.47. The number of hydrogen-bond acceptors (Lipinski definition) is 5. The Hall–Kier alpha value is -1.90. The Labute approximate surface area is 139 Å². The second-order valence-electron chi connectivity index (χ2n) is 4.98. The number of nitrogen functional groups attached to an aromatic ring is 2. The zero-order valence-corrected chi connectivity index (χ0v) is 14.4. The Bertz CT molecular complexity index is 795. The number of nitrogens with two attached hydrogens (primary N) is 2. The predicted molar refractivity (Wildman–Crippen MR) is 84.8 cm³/mol. The largest absolute Gasteiger partial charge is 0.744 e. The van der Waals surface area contributed by atoms with Gasteiger partial charge in [-0.3, -0.25) is 11.6 Å². The lowest BCUT2D eigenvalue weighted by Gasteiger charge is -2.14. The van der Waals surface area contributed by atoms with E-state index in [-0.39, 0.29) is 15.7 Å². The normalized spacial score (nSPS) is 10.9. The molecule has 0 bridgehead atoms. The van der Waals surface area contributed by atoms with Crippen LogP contribution in [0.25, 0.3) is 0 Å². The van der Waals surface area contributed by atoms with E-state index in [1.165, 1.54) is 6.20 Å². The van der Waals surface area contributed by atoms with Crippen molar-refractivity contribution in [1.82, 2.24) is 0 Å². The number of nitrogens with zero attached hydrogens (tertiary/aromatic N) is 1. The molecule has 0 unspecified atom stereocenters. The number of pyridine rings is 1. The molecule has 6 nitrogen and oxygen atoms in total. The summed E-state index contributed by atoms with van der Waals surface area (Å²) in [4.78, 5) is -0.0851. The molecular weight excluding hydrogens is 345 g/mol. The summed E-state index contributed by atoms with van der Waals surface area (Å²) in [6.45, 7) is 5.12. The average Bonchev–Trinajstić information content (AvgIpc) is 2.33. The molecule has 0 spiro atoms. The smallest absolute Gasteiger partial charge is 0.332 e. The first-order valence-corrected chi connectivity index (χ1v) is 8.17. The summed E-state index contributed by atoms with van der Waals surface area (Å²) in [5.74, 6) is 4.44. The third-order valence-electron chi connectivity index (χ3n) is 2.90. The first kappa shape index (κ1) is 19.1. The number of aromatic nitrogens is 1. The van der Waals surface area contributed by atoms with Crippen molar-refractivity contribution >= 4 is 27.5 Å². The first-order valence-electron chi connectivity index (χ1n) is 6.38. The number of hydrogen-bond donors (Lipinski definition) is 2. The van der Waals surface area contributed by atoms with Gasteiger partial charge in [-0.1, -0.05) is 29.3 Å². The van der Waals surface area contributed by atoms with Crippen molar-refractivity contribution in [2.45, 2.75) is 25.7 Å². The summed E-state index contributed by atoms with van der Waals surface area (Å²) in [5.41, 5.74) is 7.16. The van der Waals surface area contributed by atoms with Crippen LogP contribution in [0.5, 0.6) is 0 Å². The number of anilines is 1. The highest BCUT2D eigenvalue weighted by atomic mass is 35.5. The van der Waals surface area contributed by atoms with E-state index in [2.05, 4.69) is 0 Å². The second kappa shape index (κ2) is 7.12. The van der Waals surface area contributed by atoms with Gasteiger partial charge in [-0.25, -0.2) is 8.42 Å². The summed E-state index contributed by atoms with van der Waals surface area (Å²) in [5, 5.41) is 0.217. The van der Waals surface area contributed by atoms with E-state index in [1.807, 2.05) is 6.92 Å². The highest BCUT2D eigenvalue weighted by Crippen LogP contribution is 2.20. The minimum atomic E-state index is -4.33. The Morgan fingerprint density at radius 1 is 1.17 bits per heavy atom. The topological polar surface area (TPSA) is 113 Å². The third kappa shape index (κ3) is 5.05. The molecule has 0 fully saturated rings. The number of benzene rings is 1. The van der Waals surface area contributed by atoms with Crippen LogP contribution in [-0.4, -0.2) is 13.0 Å². The molecule has 0 saturated heterocycles. The standard InChI is InChI=1S/C9H12O3S.C5H5ClFN3/c1-6-4-7(2)9(8(3)5-6)13(10,11)12;6-3-1-4(7)5(8)10(9)2-3/h4-5H,1-3H3,(H,10,11,12);1-2,8H,9H2. The van der Waals surface area contributed by atoms with Crippen molar-refractivity contribution in [3.05, 3.63) is 51.9 Å². The molecular formula is C14H17ClFN3O3S. The van der Waals surface area contributed by atoms with Gasteiger partial charge < -0.3 is 4.55 Å². The molecule has 9 heteroatoms. The molecule has 1 aromatic carbocycles. The zero-order valence-electron chi connectivity index (χ0n) is 12.8. The van der Waals surface area contributed by atoms with Gasteiger partial charge in [0, 0.05) is 6.07 Å². The highest BCUT2D eigenvalue weighted by molar-refractivity contribution is 7.85. The van der Waals surface area contributed by atoms with E-state index in [4.69, 9.17) is 23.2 Å². The predicted octanol–water partition coefficient (Wildman–Crippen LogP) is 1.58. The molecule has 4 N–H and O–H groups in total. The number of rotatable bonds is 1. The molecule has 23 heavy (non-hydrogen) atoms. The fourth-order valence-electron chi connectivity index (χ4n) is 2.12. The maximum absolute atomic E-state index is 12.5. The minimum Gasteiger partial charge on any atom is -0.744 e.